The molecule has 0 aliphatic carbocycles. The van der Waals surface area contributed by atoms with Crippen molar-refractivity contribution in [2.45, 2.75) is 13.8 Å². The lowest BCUT2D eigenvalue weighted by Crippen LogP contribution is -2.34. The largest absolute Gasteiger partial charge is 0.463 e. The number of benzene rings is 2. The Morgan fingerprint density at radius 3 is 2.41 bits per heavy atom. The third-order valence-electron chi connectivity index (χ3n) is 5.75. The number of hydrogen-bond donors (Lipinski definition) is 2. The van der Waals surface area contributed by atoms with Crippen LogP contribution in [0.5, 0.6) is 0 Å². The first-order valence-electron chi connectivity index (χ1n) is 11.4. The lowest BCUT2D eigenvalue weighted by atomic mass is 10.1. The summed E-state index contributed by atoms with van der Waals surface area (Å²) in [6.45, 7) is 7.52. The van der Waals surface area contributed by atoms with Crippen molar-refractivity contribution in [2.24, 2.45) is 0 Å². The van der Waals surface area contributed by atoms with Crippen LogP contribution in [0, 0.1) is 0 Å². The minimum atomic E-state index is -0.261. The lowest BCUT2D eigenvalue weighted by molar-refractivity contribution is 0.0948. The molecule has 0 unspecified atom stereocenters. The van der Waals surface area contributed by atoms with Gasteiger partial charge >= 0.3 is 0 Å². The summed E-state index contributed by atoms with van der Waals surface area (Å²) in [5, 5.41) is 6.62. The zero-order valence-electron chi connectivity index (χ0n) is 19.4. The summed E-state index contributed by atoms with van der Waals surface area (Å²) in [7, 11) is 0. The Bertz CT molecular complexity index is 1260. The van der Waals surface area contributed by atoms with Gasteiger partial charge in [-0.25, -0.2) is 4.98 Å². The van der Waals surface area contributed by atoms with E-state index in [0.717, 1.165) is 25.0 Å². The molecule has 4 aromatic rings. The number of amides is 2. The maximum Gasteiger partial charge on any atom is 0.256 e. The number of fused-ring (bicyclic) bond motifs is 1. The zero-order chi connectivity index (χ0) is 23.9. The number of nitrogens with zero attached hydrogens (tertiary/aromatic N) is 2. The standard InChI is InChI=1S/C27H28N4O3/c1-3-31(4-2)16-15-28-26(32)19-11-13-20(14-12-19)29-27(33)22-18-24(25-10-7-17-34-25)30-23-9-6-5-8-21(22)23/h5-14,17-18H,3-4,15-16H2,1-2H3,(H,28,32)(H,29,33). The van der Waals surface area contributed by atoms with Gasteiger partial charge in [-0.2, -0.15) is 0 Å². The average molecular weight is 457 g/mol. The summed E-state index contributed by atoms with van der Waals surface area (Å²) in [5.41, 5.74) is 2.94. The minimum absolute atomic E-state index is 0.131. The topological polar surface area (TPSA) is 87.5 Å². The molecule has 2 amide bonds. The van der Waals surface area contributed by atoms with Crippen molar-refractivity contribution in [3.63, 3.8) is 0 Å². The van der Waals surface area contributed by atoms with Gasteiger partial charge in [0.25, 0.3) is 11.8 Å². The number of carbonyl (C=O) groups is 2. The van der Waals surface area contributed by atoms with Crippen LogP contribution >= 0.6 is 0 Å². The predicted molar refractivity (Wildman–Crippen MR) is 134 cm³/mol. The van der Waals surface area contributed by atoms with Gasteiger partial charge in [-0.15, -0.1) is 0 Å². The third-order valence-corrected chi connectivity index (χ3v) is 5.75. The van der Waals surface area contributed by atoms with E-state index in [4.69, 9.17) is 4.42 Å². The van der Waals surface area contributed by atoms with Gasteiger partial charge in [-0.05, 0) is 61.6 Å². The molecule has 2 N–H and O–H groups in total. The number of hydrogen-bond acceptors (Lipinski definition) is 5. The molecule has 0 radical (unpaired) electrons. The van der Waals surface area contributed by atoms with Crippen LogP contribution in [0.2, 0.25) is 0 Å². The summed E-state index contributed by atoms with van der Waals surface area (Å²) in [5.74, 6) is 0.201. The van der Waals surface area contributed by atoms with E-state index in [2.05, 4.69) is 34.4 Å². The third kappa shape index (κ3) is 5.32. The fourth-order valence-corrected chi connectivity index (χ4v) is 3.79. The molecule has 2 aromatic carbocycles. The first-order chi connectivity index (χ1) is 16.6. The van der Waals surface area contributed by atoms with E-state index < -0.39 is 0 Å². The van der Waals surface area contributed by atoms with Gasteiger partial charge in [-0.3, -0.25) is 9.59 Å². The SMILES string of the molecule is CCN(CC)CCNC(=O)c1ccc(NC(=O)c2cc(-c3ccco3)nc3ccccc23)cc1. The Hall–Kier alpha value is -3.97. The highest BCUT2D eigenvalue weighted by Gasteiger charge is 2.15. The van der Waals surface area contributed by atoms with E-state index in [1.807, 2.05) is 30.3 Å². The number of pyridine rings is 1. The Balaban J connectivity index is 1.47. The number of likely N-dealkylation sites (N-methyl/N-ethyl adjacent to an activating group) is 1. The van der Waals surface area contributed by atoms with Crippen LogP contribution in [0.3, 0.4) is 0 Å². The Morgan fingerprint density at radius 1 is 0.941 bits per heavy atom. The normalized spacial score (nSPS) is 11.0. The molecule has 174 valence electrons. The molecule has 0 bridgehead atoms. The maximum absolute atomic E-state index is 13.2. The second kappa shape index (κ2) is 10.8. The maximum atomic E-state index is 13.2. The number of anilines is 1. The van der Waals surface area contributed by atoms with Crippen LogP contribution in [0.4, 0.5) is 5.69 Å². The Morgan fingerprint density at radius 2 is 1.71 bits per heavy atom. The molecule has 7 nitrogen and oxygen atoms in total. The molecule has 2 heterocycles. The van der Waals surface area contributed by atoms with Crippen molar-refractivity contribution in [3.05, 3.63) is 84.1 Å². The molecule has 0 saturated heterocycles. The fourth-order valence-electron chi connectivity index (χ4n) is 3.79. The van der Waals surface area contributed by atoms with E-state index in [1.54, 1.807) is 42.7 Å². The second-order valence-electron chi connectivity index (χ2n) is 7.86. The number of nitrogens with one attached hydrogen (secondary N) is 2. The van der Waals surface area contributed by atoms with Crippen molar-refractivity contribution in [3.8, 4) is 11.5 Å². The molecular weight excluding hydrogens is 428 g/mol. The van der Waals surface area contributed by atoms with Gasteiger partial charge in [0.1, 0.15) is 5.69 Å². The van der Waals surface area contributed by atoms with Crippen molar-refractivity contribution < 1.29 is 14.0 Å². The number of carbonyl (C=O) groups excluding carboxylic acids is 2. The Labute approximate surface area is 198 Å². The summed E-state index contributed by atoms with van der Waals surface area (Å²) in [6, 6.07) is 19.7. The van der Waals surface area contributed by atoms with E-state index in [0.29, 0.717) is 40.3 Å². The van der Waals surface area contributed by atoms with Crippen molar-refractivity contribution in [1.29, 1.82) is 0 Å². The van der Waals surface area contributed by atoms with E-state index in [-0.39, 0.29) is 11.8 Å². The number of rotatable bonds is 9. The van der Waals surface area contributed by atoms with Gasteiger partial charge < -0.3 is 20.0 Å². The molecule has 34 heavy (non-hydrogen) atoms. The number of para-hydroxylation sites is 1. The van der Waals surface area contributed by atoms with Gasteiger partial charge in [0.15, 0.2) is 5.76 Å². The Kier molecular flexibility index (Phi) is 7.34. The van der Waals surface area contributed by atoms with Gasteiger partial charge in [0.05, 0.1) is 17.3 Å². The monoisotopic (exact) mass is 456 g/mol. The first-order valence-corrected chi connectivity index (χ1v) is 11.4. The zero-order valence-corrected chi connectivity index (χ0v) is 19.4. The molecule has 0 aliphatic rings. The summed E-state index contributed by atoms with van der Waals surface area (Å²) >= 11 is 0. The fraction of sp³-hybridized carbons (Fsp3) is 0.222. The van der Waals surface area contributed by atoms with Crippen molar-refractivity contribution >= 4 is 28.4 Å². The van der Waals surface area contributed by atoms with E-state index in [1.165, 1.54) is 0 Å². The van der Waals surface area contributed by atoms with Gasteiger partial charge in [0, 0.05) is 29.7 Å². The molecule has 0 saturated carbocycles. The van der Waals surface area contributed by atoms with E-state index >= 15 is 0 Å². The summed E-state index contributed by atoms with van der Waals surface area (Å²) < 4.78 is 5.48. The number of aromatic nitrogens is 1. The molecule has 0 atom stereocenters. The average Bonchev–Trinajstić information content (AvgIpc) is 3.41. The highest BCUT2D eigenvalue weighted by Crippen LogP contribution is 2.26. The molecular formula is C27H28N4O3. The van der Waals surface area contributed by atoms with Crippen molar-refractivity contribution in [2.75, 3.05) is 31.5 Å². The highest BCUT2D eigenvalue weighted by atomic mass is 16.3. The van der Waals surface area contributed by atoms with Gasteiger partial charge in [-0.1, -0.05) is 32.0 Å². The predicted octanol–water partition coefficient (Wildman–Crippen LogP) is 4.82. The molecule has 0 spiro atoms. The van der Waals surface area contributed by atoms with Crippen LogP contribution < -0.4 is 10.6 Å². The summed E-state index contributed by atoms with van der Waals surface area (Å²) in [4.78, 5) is 32.5. The van der Waals surface area contributed by atoms with Crippen LogP contribution in [0.1, 0.15) is 34.6 Å². The van der Waals surface area contributed by atoms with E-state index in [9.17, 15) is 9.59 Å². The second-order valence-corrected chi connectivity index (χ2v) is 7.86. The van der Waals surface area contributed by atoms with Crippen LogP contribution in [0.25, 0.3) is 22.4 Å². The highest BCUT2D eigenvalue weighted by molar-refractivity contribution is 6.13. The molecule has 4 rings (SSSR count). The first kappa shape index (κ1) is 23.2. The molecule has 2 aromatic heterocycles. The van der Waals surface area contributed by atoms with Crippen molar-refractivity contribution in [1.82, 2.24) is 15.2 Å². The van der Waals surface area contributed by atoms with Crippen LogP contribution in [-0.4, -0.2) is 47.9 Å². The van der Waals surface area contributed by atoms with Crippen LogP contribution in [0.15, 0.2) is 77.4 Å². The smallest absolute Gasteiger partial charge is 0.256 e. The number of furan rings is 1. The molecule has 7 heteroatoms. The summed E-state index contributed by atoms with van der Waals surface area (Å²) in [6.07, 6.45) is 1.58. The van der Waals surface area contributed by atoms with Gasteiger partial charge in [0.2, 0.25) is 0 Å². The quantitative estimate of drug-likeness (QED) is 0.377. The molecule has 0 aliphatic heterocycles. The van der Waals surface area contributed by atoms with Crippen LogP contribution in [-0.2, 0) is 0 Å². The molecule has 0 fully saturated rings. The lowest BCUT2D eigenvalue weighted by Gasteiger charge is -2.18. The minimum Gasteiger partial charge on any atom is -0.463 e.